The summed E-state index contributed by atoms with van der Waals surface area (Å²) >= 11 is 1.54. The average Bonchev–Trinajstić information content (AvgIpc) is 3.02. The van der Waals surface area contributed by atoms with Gasteiger partial charge >= 0.3 is 0 Å². The summed E-state index contributed by atoms with van der Waals surface area (Å²) in [6.07, 6.45) is 0. The molecular formula is C24H32N4O2S. The van der Waals surface area contributed by atoms with Gasteiger partial charge in [-0.3, -0.25) is 19.1 Å². The number of nitrogens with one attached hydrogen (secondary N) is 1. The summed E-state index contributed by atoms with van der Waals surface area (Å²) in [6.45, 7) is 14.6. The van der Waals surface area contributed by atoms with Crippen LogP contribution >= 0.6 is 11.3 Å². The van der Waals surface area contributed by atoms with Crippen molar-refractivity contribution in [1.82, 2.24) is 14.5 Å². The van der Waals surface area contributed by atoms with Gasteiger partial charge in [-0.05, 0) is 56.1 Å². The predicted molar refractivity (Wildman–Crippen MR) is 129 cm³/mol. The third-order valence-corrected chi connectivity index (χ3v) is 6.89. The van der Waals surface area contributed by atoms with Gasteiger partial charge < -0.3 is 5.32 Å². The number of aromatic nitrogens is 2. The van der Waals surface area contributed by atoms with E-state index >= 15 is 0 Å². The van der Waals surface area contributed by atoms with Gasteiger partial charge in [-0.25, -0.2) is 4.98 Å². The minimum atomic E-state index is -0.231. The smallest absolute Gasteiger partial charge is 0.263 e. The number of carbonyl (C=O) groups is 1. The molecule has 6 nitrogen and oxygen atoms in total. The number of hydrogen-bond acceptors (Lipinski definition) is 5. The molecule has 0 aliphatic rings. The summed E-state index contributed by atoms with van der Waals surface area (Å²) in [5, 5.41) is 3.55. The largest absolute Gasteiger partial charge is 0.325 e. The van der Waals surface area contributed by atoms with Gasteiger partial charge in [0.25, 0.3) is 5.56 Å². The fraction of sp³-hybridized carbons (Fsp3) is 0.458. The molecular weight excluding hydrogens is 408 g/mol. The minimum absolute atomic E-state index is 0.0569. The van der Waals surface area contributed by atoms with E-state index in [2.05, 4.69) is 37.9 Å². The van der Waals surface area contributed by atoms with E-state index in [9.17, 15) is 9.59 Å². The maximum absolute atomic E-state index is 13.4. The molecule has 7 heteroatoms. The van der Waals surface area contributed by atoms with Crippen molar-refractivity contribution >= 4 is 33.1 Å². The molecule has 0 bridgehead atoms. The Morgan fingerprint density at radius 2 is 1.81 bits per heavy atom. The fourth-order valence-electron chi connectivity index (χ4n) is 3.60. The van der Waals surface area contributed by atoms with E-state index in [1.54, 1.807) is 0 Å². The molecule has 2 aromatic heterocycles. The molecule has 0 radical (unpaired) electrons. The topological polar surface area (TPSA) is 67.2 Å². The number of aryl methyl sites for hydroxylation is 2. The molecule has 0 atom stereocenters. The molecule has 0 aliphatic heterocycles. The van der Waals surface area contributed by atoms with Crippen molar-refractivity contribution in [2.24, 2.45) is 0 Å². The first-order valence-electron chi connectivity index (χ1n) is 10.9. The van der Waals surface area contributed by atoms with Crippen molar-refractivity contribution in [3.8, 4) is 0 Å². The molecule has 1 aromatic carbocycles. The molecule has 0 saturated carbocycles. The van der Waals surface area contributed by atoms with Crippen LogP contribution < -0.4 is 10.9 Å². The minimum Gasteiger partial charge on any atom is -0.325 e. The number of thiophene rings is 1. The Kier molecular flexibility index (Phi) is 7.28. The lowest BCUT2D eigenvalue weighted by atomic mass is 10.0. The van der Waals surface area contributed by atoms with Crippen LogP contribution in [0, 0.1) is 13.8 Å². The second kappa shape index (κ2) is 9.75. The molecule has 0 fully saturated rings. The lowest BCUT2D eigenvalue weighted by Gasteiger charge is -2.20. The van der Waals surface area contributed by atoms with Gasteiger partial charge in [0.05, 0.1) is 11.9 Å². The average molecular weight is 441 g/mol. The van der Waals surface area contributed by atoms with Gasteiger partial charge in [0, 0.05) is 10.6 Å². The van der Waals surface area contributed by atoms with Crippen LogP contribution in [-0.2, 0) is 17.9 Å². The molecule has 1 N–H and O–H groups in total. The highest BCUT2D eigenvalue weighted by atomic mass is 32.1. The van der Waals surface area contributed by atoms with Crippen LogP contribution in [-0.4, -0.2) is 33.4 Å². The highest BCUT2D eigenvalue weighted by Gasteiger charge is 2.19. The predicted octanol–water partition coefficient (Wildman–Crippen LogP) is 4.68. The zero-order valence-electron chi connectivity index (χ0n) is 19.3. The fourth-order valence-corrected chi connectivity index (χ4v) is 4.63. The SMILES string of the molecule is CCN(CC)Cc1nc2sc(C)c(C)c2c(=O)n1CC(=O)Nc1ccc(C(C)C)cc1. The Labute approximate surface area is 187 Å². The molecule has 3 rings (SSSR count). The van der Waals surface area contributed by atoms with Crippen molar-refractivity contribution in [1.29, 1.82) is 0 Å². The highest BCUT2D eigenvalue weighted by molar-refractivity contribution is 7.18. The Bertz CT molecular complexity index is 1130. The Morgan fingerprint density at radius 1 is 1.16 bits per heavy atom. The summed E-state index contributed by atoms with van der Waals surface area (Å²) in [5.74, 6) is 0.833. The zero-order chi connectivity index (χ0) is 22.7. The second-order valence-corrected chi connectivity index (χ2v) is 9.37. The lowest BCUT2D eigenvalue weighted by Crippen LogP contribution is -2.34. The number of anilines is 1. The molecule has 31 heavy (non-hydrogen) atoms. The van der Waals surface area contributed by atoms with E-state index in [1.165, 1.54) is 21.5 Å². The van der Waals surface area contributed by atoms with E-state index in [-0.39, 0.29) is 18.0 Å². The number of fused-ring (bicyclic) bond motifs is 1. The van der Waals surface area contributed by atoms with E-state index in [0.29, 0.717) is 23.7 Å². The summed E-state index contributed by atoms with van der Waals surface area (Å²) in [7, 11) is 0. The molecule has 0 aliphatic carbocycles. The number of rotatable bonds is 8. The van der Waals surface area contributed by atoms with E-state index in [1.807, 2.05) is 38.1 Å². The normalized spacial score (nSPS) is 11.6. The quantitative estimate of drug-likeness (QED) is 0.552. The number of benzene rings is 1. The second-order valence-electron chi connectivity index (χ2n) is 8.17. The van der Waals surface area contributed by atoms with Gasteiger partial charge in [-0.15, -0.1) is 11.3 Å². The van der Waals surface area contributed by atoms with Crippen molar-refractivity contribution in [3.63, 3.8) is 0 Å². The van der Waals surface area contributed by atoms with Gasteiger partial charge in [0.1, 0.15) is 17.2 Å². The summed E-state index contributed by atoms with van der Waals surface area (Å²) in [4.78, 5) is 35.1. The standard InChI is InChI=1S/C24H32N4O2S/c1-7-27(8-2)13-20-26-23-22(16(5)17(6)31-23)24(30)28(20)14-21(29)25-19-11-9-18(10-12-19)15(3)4/h9-12,15H,7-8,13-14H2,1-6H3,(H,25,29). The zero-order valence-corrected chi connectivity index (χ0v) is 20.1. The molecule has 1 amide bonds. The van der Waals surface area contributed by atoms with Crippen LogP contribution in [0.4, 0.5) is 5.69 Å². The van der Waals surface area contributed by atoms with E-state index in [4.69, 9.17) is 4.98 Å². The highest BCUT2D eigenvalue weighted by Crippen LogP contribution is 2.26. The molecule has 0 unspecified atom stereocenters. The summed E-state index contributed by atoms with van der Waals surface area (Å²) in [5.41, 5.74) is 2.75. The maximum atomic E-state index is 13.4. The van der Waals surface area contributed by atoms with Crippen LogP contribution in [0.2, 0.25) is 0 Å². The summed E-state index contributed by atoms with van der Waals surface area (Å²) in [6, 6.07) is 7.84. The van der Waals surface area contributed by atoms with Crippen LogP contribution in [0.3, 0.4) is 0 Å². The van der Waals surface area contributed by atoms with Crippen LogP contribution in [0.5, 0.6) is 0 Å². The number of carbonyl (C=O) groups excluding carboxylic acids is 1. The van der Waals surface area contributed by atoms with Crippen LogP contribution in [0.25, 0.3) is 10.2 Å². The number of nitrogens with zero attached hydrogens (tertiary/aromatic N) is 3. The maximum Gasteiger partial charge on any atom is 0.263 e. The van der Waals surface area contributed by atoms with Gasteiger partial charge in [0.2, 0.25) is 5.91 Å². The lowest BCUT2D eigenvalue weighted by molar-refractivity contribution is -0.116. The molecule has 2 heterocycles. The first-order valence-corrected chi connectivity index (χ1v) is 11.7. The van der Waals surface area contributed by atoms with Crippen LogP contribution in [0.15, 0.2) is 29.1 Å². The Balaban J connectivity index is 1.94. The van der Waals surface area contributed by atoms with E-state index < -0.39 is 0 Å². The molecule has 0 spiro atoms. The third-order valence-electron chi connectivity index (χ3n) is 5.79. The van der Waals surface area contributed by atoms with Gasteiger partial charge in [-0.2, -0.15) is 0 Å². The van der Waals surface area contributed by atoms with Gasteiger partial charge in [-0.1, -0.05) is 39.8 Å². The van der Waals surface area contributed by atoms with Crippen molar-refractivity contribution in [2.75, 3.05) is 18.4 Å². The van der Waals surface area contributed by atoms with Crippen LogP contribution in [0.1, 0.15) is 55.4 Å². The van der Waals surface area contributed by atoms with Gasteiger partial charge in [0.15, 0.2) is 0 Å². The molecule has 166 valence electrons. The molecule has 3 aromatic rings. The molecule has 0 saturated heterocycles. The van der Waals surface area contributed by atoms with Crippen molar-refractivity contribution in [3.05, 3.63) is 56.4 Å². The summed E-state index contributed by atoms with van der Waals surface area (Å²) < 4.78 is 1.54. The first-order chi connectivity index (χ1) is 14.7. The van der Waals surface area contributed by atoms with E-state index in [0.717, 1.165) is 34.0 Å². The Morgan fingerprint density at radius 3 is 2.39 bits per heavy atom. The number of hydrogen-bond donors (Lipinski definition) is 1. The third kappa shape index (κ3) is 5.05. The Hall–Kier alpha value is -2.51. The van der Waals surface area contributed by atoms with Crippen molar-refractivity contribution < 1.29 is 4.79 Å². The monoisotopic (exact) mass is 440 g/mol. The van der Waals surface area contributed by atoms with Crippen molar-refractivity contribution in [2.45, 2.75) is 60.5 Å². The first kappa shape index (κ1) is 23.2. The number of amides is 1.